The molecule has 1 N–H and O–H groups in total. The molecule has 2 atom stereocenters. The Morgan fingerprint density at radius 1 is 1.40 bits per heavy atom. The number of nitrogens with zero attached hydrogens (tertiary/aromatic N) is 1. The van der Waals surface area contributed by atoms with Gasteiger partial charge in [0.15, 0.2) is 0 Å². The Hall–Kier alpha value is -1.12. The average molecular weight is 272 g/mol. The Labute approximate surface area is 123 Å². The van der Waals surface area contributed by atoms with E-state index in [1.54, 1.807) is 0 Å². The first-order valence-electron chi connectivity index (χ1n) is 7.72. The first kappa shape index (κ1) is 15.3. The van der Waals surface area contributed by atoms with Crippen molar-refractivity contribution >= 4 is 0 Å². The zero-order valence-corrected chi connectivity index (χ0v) is 13.1. The van der Waals surface area contributed by atoms with E-state index in [4.69, 9.17) is 0 Å². The van der Waals surface area contributed by atoms with Crippen molar-refractivity contribution in [3.63, 3.8) is 0 Å². The highest BCUT2D eigenvalue weighted by molar-refractivity contribution is 5.25. The highest BCUT2D eigenvalue weighted by Gasteiger charge is 2.37. The Balaban J connectivity index is 2.17. The fourth-order valence-corrected chi connectivity index (χ4v) is 3.20. The lowest BCUT2D eigenvalue weighted by Crippen LogP contribution is -2.62. The van der Waals surface area contributed by atoms with E-state index < -0.39 is 0 Å². The van der Waals surface area contributed by atoms with Crippen molar-refractivity contribution in [2.75, 3.05) is 19.6 Å². The van der Waals surface area contributed by atoms with Gasteiger partial charge in [-0.25, -0.2) is 0 Å². The first-order chi connectivity index (χ1) is 9.57. The summed E-state index contributed by atoms with van der Waals surface area (Å²) in [7, 11) is 0. The molecule has 1 fully saturated rings. The van der Waals surface area contributed by atoms with Crippen molar-refractivity contribution in [3.8, 4) is 0 Å². The van der Waals surface area contributed by atoms with Crippen LogP contribution >= 0.6 is 0 Å². The van der Waals surface area contributed by atoms with Crippen LogP contribution in [0.4, 0.5) is 0 Å². The van der Waals surface area contributed by atoms with E-state index in [2.05, 4.69) is 67.9 Å². The Morgan fingerprint density at radius 3 is 2.70 bits per heavy atom. The average Bonchev–Trinajstić information content (AvgIpc) is 2.46. The van der Waals surface area contributed by atoms with Crippen LogP contribution in [0.25, 0.3) is 0 Å². The van der Waals surface area contributed by atoms with Crippen molar-refractivity contribution in [3.05, 3.63) is 48.6 Å². The van der Waals surface area contributed by atoms with Gasteiger partial charge in [-0.2, -0.15) is 0 Å². The van der Waals surface area contributed by atoms with Crippen LogP contribution < -0.4 is 5.32 Å². The molecule has 2 unspecified atom stereocenters. The van der Waals surface area contributed by atoms with Crippen molar-refractivity contribution in [2.24, 2.45) is 5.92 Å². The summed E-state index contributed by atoms with van der Waals surface area (Å²) in [6.45, 7) is 14.0. The van der Waals surface area contributed by atoms with Gasteiger partial charge in [-0.15, -0.1) is 6.58 Å². The van der Waals surface area contributed by atoms with E-state index in [1.165, 1.54) is 5.56 Å². The van der Waals surface area contributed by atoms with E-state index in [9.17, 15) is 0 Å². The van der Waals surface area contributed by atoms with Crippen molar-refractivity contribution in [1.82, 2.24) is 10.2 Å². The molecule has 2 nitrogen and oxygen atoms in total. The molecule has 1 heterocycles. The molecule has 110 valence electrons. The quantitative estimate of drug-likeness (QED) is 0.826. The fraction of sp³-hybridized carbons (Fsp3) is 0.556. The Kier molecular flexibility index (Phi) is 5.00. The molecule has 1 aromatic carbocycles. The van der Waals surface area contributed by atoms with E-state index in [0.717, 1.165) is 26.1 Å². The smallest absolute Gasteiger partial charge is 0.0535 e. The van der Waals surface area contributed by atoms with E-state index in [1.807, 2.05) is 6.08 Å². The van der Waals surface area contributed by atoms with Gasteiger partial charge in [0.1, 0.15) is 0 Å². The molecular formula is C18H28N2. The summed E-state index contributed by atoms with van der Waals surface area (Å²) < 4.78 is 0. The number of hydrogen-bond donors (Lipinski definition) is 1. The van der Waals surface area contributed by atoms with Crippen LogP contribution in [-0.2, 0) is 5.54 Å². The number of benzene rings is 1. The predicted molar refractivity (Wildman–Crippen MR) is 86.8 cm³/mol. The summed E-state index contributed by atoms with van der Waals surface area (Å²) in [5.41, 5.74) is 1.43. The number of piperazine rings is 1. The predicted octanol–water partition coefficient (Wildman–Crippen LogP) is 3.41. The van der Waals surface area contributed by atoms with Gasteiger partial charge in [0.25, 0.3) is 0 Å². The minimum Gasteiger partial charge on any atom is -0.305 e. The van der Waals surface area contributed by atoms with Gasteiger partial charge in [0.2, 0.25) is 0 Å². The molecule has 1 aliphatic heterocycles. The number of hydrogen-bond acceptors (Lipinski definition) is 2. The molecule has 2 rings (SSSR count). The molecule has 2 heteroatoms. The van der Waals surface area contributed by atoms with Crippen LogP contribution in [0.1, 0.15) is 32.8 Å². The molecule has 0 radical (unpaired) electrons. The highest BCUT2D eigenvalue weighted by Crippen LogP contribution is 2.28. The largest absolute Gasteiger partial charge is 0.305 e. The summed E-state index contributed by atoms with van der Waals surface area (Å²) >= 11 is 0. The molecule has 0 saturated carbocycles. The standard InChI is InChI=1S/C18H28N2/c1-5-6-12-20-14-18(4,16-10-8-7-9-11-16)19-13-17(20)15(2)3/h5,7-11,15,17,19H,1,6,12-14H2,2-4H3. The Morgan fingerprint density at radius 2 is 2.10 bits per heavy atom. The van der Waals surface area contributed by atoms with Crippen LogP contribution in [0.15, 0.2) is 43.0 Å². The second-order valence-corrected chi connectivity index (χ2v) is 6.44. The maximum absolute atomic E-state index is 3.87. The summed E-state index contributed by atoms with van der Waals surface area (Å²) in [5, 5.41) is 3.78. The summed E-state index contributed by atoms with van der Waals surface area (Å²) in [6.07, 6.45) is 3.09. The first-order valence-corrected chi connectivity index (χ1v) is 7.72. The molecule has 1 saturated heterocycles. The van der Waals surface area contributed by atoms with Crippen LogP contribution in [-0.4, -0.2) is 30.6 Å². The van der Waals surface area contributed by atoms with Crippen molar-refractivity contribution in [2.45, 2.75) is 38.8 Å². The molecule has 0 spiro atoms. The minimum atomic E-state index is 0.0494. The van der Waals surface area contributed by atoms with Gasteiger partial charge in [0, 0.05) is 25.7 Å². The summed E-state index contributed by atoms with van der Waals surface area (Å²) in [4.78, 5) is 2.63. The lowest BCUT2D eigenvalue weighted by molar-refractivity contribution is 0.0625. The molecule has 0 aliphatic carbocycles. The third-order valence-electron chi connectivity index (χ3n) is 4.49. The molecule has 1 aromatic rings. The van der Waals surface area contributed by atoms with Gasteiger partial charge in [-0.05, 0) is 24.8 Å². The third kappa shape index (κ3) is 3.31. The molecular weight excluding hydrogens is 244 g/mol. The number of nitrogens with one attached hydrogen (secondary N) is 1. The van der Waals surface area contributed by atoms with Crippen LogP contribution in [0, 0.1) is 5.92 Å². The third-order valence-corrected chi connectivity index (χ3v) is 4.49. The molecule has 1 aliphatic rings. The molecule has 0 amide bonds. The van der Waals surface area contributed by atoms with Gasteiger partial charge >= 0.3 is 0 Å². The van der Waals surface area contributed by atoms with Crippen molar-refractivity contribution < 1.29 is 0 Å². The van der Waals surface area contributed by atoms with Gasteiger partial charge in [-0.3, -0.25) is 4.90 Å². The SMILES string of the molecule is C=CCCN1CC(C)(c2ccccc2)NCC1C(C)C. The summed E-state index contributed by atoms with van der Waals surface area (Å²) in [6, 6.07) is 11.4. The fourth-order valence-electron chi connectivity index (χ4n) is 3.20. The molecule has 20 heavy (non-hydrogen) atoms. The van der Waals surface area contributed by atoms with E-state index in [0.29, 0.717) is 12.0 Å². The van der Waals surface area contributed by atoms with Crippen LogP contribution in [0.3, 0.4) is 0 Å². The second-order valence-electron chi connectivity index (χ2n) is 6.44. The highest BCUT2D eigenvalue weighted by atomic mass is 15.3. The summed E-state index contributed by atoms with van der Waals surface area (Å²) in [5.74, 6) is 0.674. The van der Waals surface area contributed by atoms with E-state index >= 15 is 0 Å². The minimum absolute atomic E-state index is 0.0494. The van der Waals surface area contributed by atoms with Crippen LogP contribution in [0.5, 0.6) is 0 Å². The lowest BCUT2D eigenvalue weighted by atomic mass is 9.86. The lowest BCUT2D eigenvalue weighted by Gasteiger charge is -2.48. The Bertz CT molecular complexity index is 426. The molecule has 0 bridgehead atoms. The normalized spacial score (nSPS) is 27.7. The topological polar surface area (TPSA) is 15.3 Å². The van der Waals surface area contributed by atoms with Crippen molar-refractivity contribution in [1.29, 1.82) is 0 Å². The van der Waals surface area contributed by atoms with Gasteiger partial charge < -0.3 is 5.32 Å². The second kappa shape index (κ2) is 6.55. The van der Waals surface area contributed by atoms with Gasteiger partial charge in [0.05, 0.1) is 5.54 Å². The number of rotatable bonds is 5. The van der Waals surface area contributed by atoms with Crippen LogP contribution in [0.2, 0.25) is 0 Å². The zero-order valence-electron chi connectivity index (χ0n) is 13.1. The zero-order chi connectivity index (χ0) is 14.6. The maximum Gasteiger partial charge on any atom is 0.0535 e. The van der Waals surface area contributed by atoms with E-state index in [-0.39, 0.29) is 5.54 Å². The monoisotopic (exact) mass is 272 g/mol. The molecule has 0 aromatic heterocycles. The maximum atomic E-state index is 3.87. The van der Waals surface area contributed by atoms with Gasteiger partial charge in [-0.1, -0.05) is 50.3 Å².